The average molecular weight is 476 g/mol. The smallest absolute Gasteiger partial charge is 0.273 e. The van der Waals surface area contributed by atoms with Crippen molar-refractivity contribution in [2.24, 2.45) is 0 Å². The van der Waals surface area contributed by atoms with Gasteiger partial charge in [-0.05, 0) is 54.3 Å². The fraction of sp³-hybridized carbons (Fsp3) is 0.231. The van der Waals surface area contributed by atoms with E-state index in [4.69, 9.17) is 0 Å². The van der Waals surface area contributed by atoms with Crippen LogP contribution in [0, 0.1) is 17.0 Å². The van der Waals surface area contributed by atoms with Crippen LogP contribution in [0.5, 0.6) is 0 Å². The molecule has 1 atom stereocenters. The van der Waals surface area contributed by atoms with Crippen molar-refractivity contribution in [1.82, 2.24) is 0 Å². The summed E-state index contributed by atoms with van der Waals surface area (Å²) >= 11 is 1.54. The highest BCUT2D eigenvalue weighted by Gasteiger charge is 2.34. The number of hydrogen-bond acceptors (Lipinski definition) is 5. The van der Waals surface area contributed by atoms with E-state index in [-0.39, 0.29) is 22.5 Å². The van der Waals surface area contributed by atoms with Crippen LogP contribution in [0.4, 0.5) is 17.1 Å². The number of nitro groups is 1. The van der Waals surface area contributed by atoms with Crippen LogP contribution in [-0.2, 0) is 4.79 Å². The number of aryl methyl sites for hydroxylation is 1. The Hall–Kier alpha value is -3.65. The van der Waals surface area contributed by atoms with Gasteiger partial charge < -0.3 is 5.32 Å². The monoisotopic (exact) mass is 475 g/mol. The minimum Gasteiger partial charge on any atom is -0.322 e. The molecular weight excluding hydrogens is 450 g/mol. The number of benzene rings is 3. The lowest BCUT2D eigenvalue weighted by Gasteiger charge is -2.25. The Morgan fingerprint density at radius 2 is 1.85 bits per heavy atom. The lowest BCUT2D eigenvalue weighted by atomic mass is 10.0. The van der Waals surface area contributed by atoms with Crippen molar-refractivity contribution in [3.8, 4) is 0 Å². The second-order valence-corrected chi connectivity index (χ2v) is 9.58. The van der Waals surface area contributed by atoms with Crippen molar-refractivity contribution in [3.05, 3.63) is 99.1 Å². The maximum absolute atomic E-state index is 12.8. The van der Waals surface area contributed by atoms with Crippen molar-refractivity contribution in [2.45, 2.75) is 32.1 Å². The molecule has 0 spiro atoms. The molecule has 1 fully saturated rings. The van der Waals surface area contributed by atoms with Crippen LogP contribution in [-0.4, -0.2) is 22.5 Å². The molecule has 0 radical (unpaired) electrons. The summed E-state index contributed by atoms with van der Waals surface area (Å²) in [6.45, 7) is 5.89. The van der Waals surface area contributed by atoms with Crippen molar-refractivity contribution < 1.29 is 14.5 Å². The summed E-state index contributed by atoms with van der Waals surface area (Å²) in [7, 11) is 0. The Kier molecular flexibility index (Phi) is 6.70. The van der Waals surface area contributed by atoms with Crippen molar-refractivity contribution in [3.63, 3.8) is 0 Å². The summed E-state index contributed by atoms with van der Waals surface area (Å²) < 4.78 is 0. The zero-order valence-corrected chi connectivity index (χ0v) is 20.0. The van der Waals surface area contributed by atoms with Crippen LogP contribution < -0.4 is 10.2 Å². The van der Waals surface area contributed by atoms with Crippen LogP contribution in [0.1, 0.15) is 52.2 Å². The average Bonchev–Trinajstić information content (AvgIpc) is 3.20. The van der Waals surface area contributed by atoms with Gasteiger partial charge in [-0.15, -0.1) is 11.8 Å². The standard InChI is InChI=1S/C26H25N3O4S/c1-16(2)18-9-11-22(12-10-18)28-24(30)15-34-26(28)20-5-4-6-21(13-20)27-25(31)19-8-7-17(3)23(14-19)29(32)33/h4-14,16,26H,15H2,1-3H3,(H,27,31)/t26-/m0/s1. The van der Waals surface area contributed by atoms with Gasteiger partial charge in [-0.1, -0.05) is 44.2 Å². The van der Waals surface area contributed by atoms with Crippen LogP contribution in [0.3, 0.4) is 0 Å². The second-order valence-electron chi connectivity index (χ2n) is 8.51. The number of anilines is 2. The SMILES string of the molecule is Cc1ccc(C(=O)Nc2cccc([C@@H]3SCC(=O)N3c3ccc(C(C)C)cc3)c2)cc1[N+](=O)[O-]. The second kappa shape index (κ2) is 9.69. The Bertz CT molecular complexity index is 1260. The van der Waals surface area contributed by atoms with Crippen molar-refractivity contribution in [1.29, 1.82) is 0 Å². The zero-order valence-electron chi connectivity index (χ0n) is 19.1. The Morgan fingerprint density at radius 1 is 1.12 bits per heavy atom. The summed E-state index contributed by atoms with van der Waals surface area (Å²) in [4.78, 5) is 38.0. The maximum Gasteiger partial charge on any atom is 0.273 e. The predicted octanol–water partition coefficient (Wildman–Crippen LogP) is 6.06. The van der Waals surface area contributed by atoms with Gasteiger partial charge in [-0.3, -0.25) is 24.6 Å². The topological polar surface area (TPSA) is 92.6 Å². The molecule has 7 nitrogen and oxygen atoms in total. The molecule has 174 valence electrons. The molecule has 34 heavy (non-hydrogen) atoms. The van der Waals surface area contributed by atoms with E-state index >= 15 is 0 Å². The van der Waals surface area contributed by atoms with E-state index in [1.54, 1.807) is 30.0 Å². The number of carbonyl (C=O) groups is 2. The molecule has 0 aromatic heterocycles. The fourth-order valence-electron chi connectivity index (χ4n) is 3.89. The minimum atomic E-state index is -0.497. The largest absolute Gasteiger partial charge is 0.322 e. The normalized spacial score (nSPS) is 15.6. The molecule has 0 bridgehead atoms. The van der Waals surface area contributed by atoms with Crippen molar-refractivity contribution in [2.75, 3.05) is 16.0 Å². The number of rotatable bonds is 6. The number of amides is 2. The van der Waals surface area contributed by atoms with E-state index in [1.807, 2.05) is 42.5 Å². The van der Waals surface area contributed by atoms with E-state index in [1.165, 1.54) is 23.4 Å². The predicted molar refractivity (Wildman–Crippen MR) is 135 cm³/mol. The molecular formula is C26H25N3O4S. The van der Waals surface area contributed by atoms with Gasteiger partial charge in [0.1, 0.15) is 5.37 Å². The van der Waals surface area contributed by atoms with E-state index in [2.05, 4.69) is 19.2 Å². The number of hydrogen-bond donors (Lipinski definition) is 1. The van der Waals surface area contributed by atoms with Gasteiger partial charge in [0, 0.05) is 28.6 Å². The first-order valence-electron chi connectivity index (χ1n) is 10.9. The molecule has 3 aromatic rings. The highest BCUT2D eigenvalue weighted by molar-refractivity contribution is 8.00. The first-order chi connectivity index (χ1) is 16.2. The third-order valence-corrected chi connectivity index (χ3v) is 7.02. The quantitative estimate of drug-likeness (QED) is 0.346. The molecule has 3 aromatic carbocycles. The summed E-state index contributed by atoms with van der Waals surface area (Å²) in [5.74, 6) is 0.384. The van der Waals surface area contributed by atoms with Gasteiger partial charge in [-0.2, -0.15) is 0 Å². The van der Waals surface area contributed by atoms with E-state index in [9.17, 15) is 19.7 Å². The van der Waals surface area contributed by atoms with Crippen LogP contribution >= 0.6 is 11.8 Å². The van der Waals surface area contributed by atoms with Gasteiger partial charge >= 0.3 is 0 Å². The van der Waals surface area contributed by atoms with Crippen LogP contribution in [0.15, 0.2) is 66.7 Å². The number of nitro benzene ring substituents is 1. The number of carbonyl (C=O) groups excluding carboxylic acids is 2. The molecule has 0 saturated carbocycles. The molecule has 1 heterocycles. The maximum atomic E-state index is 12.8. The molecule has 8 heteroatoms. The Labute approximate surface area is 202 Å². The van der Waals surface area contributed by atoms with Gasteiger partial charge in [0.05, 0.1) is 10.7 Å². The zero-order chi connectivity index (χ0) is 24.4. The summed E-state index contributed by atoms with van der Waals surface area (Å²) in [6, 6.07) is 19.8. The molecule has 2 amide bonds. The van der Waals surface area contributed by atoms with Gasteiger partial charge in [0.25, 0.3) is 11.6 Å². The molecule has 1 N–H and O–H groups in total. The Morgan fingerprint density at radius 3 is 2.53 bits per heavy atom. The third-order valence-electron chi connectivity index (χ3n) is 5.80. The lowest BCUT2D eigenvalue weighted by molar-refractivity contribution is -0.385. The minimum absolute atomic E-state index is 0.0358. The van der Waals surface area contributed by atoms with Gasteiger partial charge in [-0.25, -0.2) is 0 Å². The molecule has 0 aliphatic carbocycles. The highest BCUT2D eigenvalue weighted by Crippen LogP contribution is 2.42. The lowest BCUT2D eigenvalue weighted by Crippen LogP contribution is -2.27. The van der Waals surface area contributed by atoms with Crippen LogP contribution in [0.2, 0.25) is 0 Å². The molecule has 1 aliphatic heterocycles. The Balaban J connectivity index is 1.57. The highest BCUT2D eigenvalue weighted by atomic mass is 32.2. The third kappa shape index (κ3) is 4.82. The van der Waals surface area contributed by atoms with E-state index in [0.29, 0.717) is 22.9 Å². The summed E-state index contributed by atoms with van der Waals surface area (Å²) in [5.41, 5.74) is 4.10. The molecule has 1 aliphatic rings. The van der Waals surface area contributed by atoms with Gasteiger partial charge in [0.2, 0.25) is 5.91 Å². The molecule has 4 rings (SSSR count). The van der Waals surface area contributed by atoms with Gasteiger partial charge in [0.15, 0.2) is 0 Å². The van der Waals surface area contributed by atoms with E-state index in [0.717, 1.165) is 11.3 Å². The van der Waals surface area contributed by atoms with Crippen molar-refractivity contribution >= 4 is 40.6 Å². The molecule has 1 saturated heterocycles. The summed E-state index contributed by atoms with van der Waals surface area (Å²) in [6.07, 6.45) is 0. The van der Waals surface area contributed by atoms with Crippen LogP contribution in [0.25, 0.3) is 0 Å². The number of nitrogens with zero attached hydrogens (tertiary/aromatic N) is 2. The number of nitrogens with one attached hydrogen (secondary N) is 1. The molecule has 0 unspecified atom stereocenters. The first-order valence-corrected chi connectivity index (χ1v) is 12.0. The fourth-order valence-corrected chi connectivity index (χ4v) is 5.06. The van der Waals surface area contributed by atoms with E-state index < -0.39 is 10.8 Å². The first kappa shape index (κ1) is 23.5. The number of thioether (sulfide) groups is 1. The summed E-state index contributed by atoms with van der Waals surface area (Å²) in [5, 5.41) is 13.8.